The molecule has 10 heteroatoms. The Balaban J connectivity index is 1.41. The summed E-state index contributed by atoms with van der Waals surface area (Å²) in [5.74, 6) is 0.312. The Morgan fingerprint density at radius 1 is 1.24 bits per heavy atom. The van der Waals surface area contributed by atoms with E-state index in [0.29, 0.717) is 36.1 Å². The van der Waals surface area contributed by atoms with E-state index in [1.54, 1.807) is 18.1 Å². The van der Waals surface area contributed by atoms with Gasteiger partial charge in [0.1, 0.15) is 11.4 Å². The lowest BCUT2D eigenvalue weighted by molar-refractivity contribution is 0.102. The highest BCUT2D eigenvalue weighted by Gasteiger charge is 2.25. The summed E-state index contributed by atoms with van der Waals surface area (Å²) >= 11 is 1.36. The van der Waals surface area contributed by atoms with E-state index in [9.17, 15) is 9.59 Å². The molecule has 9 nitrogen and oxygen atoms in total. The number of thiazole rings is 1. The number of hydrogen-bond donors (Lipinski definition) is 2. The van der Waals surface area contributed by atoms with Crippen LogP contribution in [0.4, 0.5) is 15.6 Å². The van der Waals surface area contributed by atoms with E-state index in [0.717, 1.165) is 10.6 Å². The Bertz CT molecular complexity index is 1040. The summed E-state index contributed by atoms with van der Waals surface area (Å²) in [4.78, 5) is 39.9. The third-order valence-electron chi connectivity index (χ3n) is 4.36. The van der Waals surface area contributed by atoms with Crippen LogP contribution in [-0.4, -0.2) is 45.4 Å². The molecule has 29 heavy (non-hydrogen) atoms. The van der Waals surface area contributed by atoms with E-state index in [2.05, 4.69) is 25.6 Å². The normalized spacial score (nSPS) is 12.8. The zero-order chi connectivity index (χ0) is 20.2. The fourth-order valence-corrected chi connectivity index (χ4v) is 3.92. The van der Waals surface area contributed by atoms with Crippen molar-refractivity contribution in [3.63, 3.8) is 0 Å². The molecule has 1 aliphatic rings. The fraction of sp³-hybridized carbons (Fsp3) is 0.211. The van der Waals surface area contributed by atoms with Gasteiger partial charge in [-0.25, -0.2) is 14.8 Å². The van der Waals surface area contributed by atoms with Crippen LogP contribution in [0.2, 0.25) is 0 Å². The Morgan fingerprint density at radius 2 is 2.14 bits per heavy atom. The first-order chi connectivity index (χ1) is 14.1. The summed E-state index contributed by atoms with van der Waals surface area (Å²) in [5, 5.41) is 6.12. The van der Waals surface area contributed by atoms with Crippen LogP contribution in [0, 0.1) is 0 Å². The number of ether oxygens (including phenoxy) is 1. The molecule has 0 aliphatic carbocycles. The number of methoxy groups -OCH3 is 1. The lowest BCUT2D eigenvalue weighted by atomic mass is 10.2. The summed E-state index contributed by atoms with van der Waals surface area (Å²) in [5.41, 5.74) is 1.79. The molecule has 0 radical (unpaired) electrons. The second-order valence-electron chi connectivity index (χ2n) is 6.27. The van der Waals surface area contributed by atoms with Crippen LogP contribution in [0.15, 0.2) is 42.9 Å². The number of fused-ring (bicyclic) bond motifs is 1. The largest absolute Gasteiger partial charge is 0.497 e. The predicted molar refractivity (Wildman–Crippen MR) is 108 cm³/mol. The van der Waals surface area contributed by atoms with Gasteiger partial charge in [0.25, 0.3) is 5.91 Å². The van der Waals surface area contributed by atoms with Gasteiger partial charge in [-0.05, 0) is 12.1 Å². The first-order valence-electron chi connectivity index (χ1n) is 8.88. The number of benzene rings is 1. The number of carbonyl (C=O) groups excluding carboxylic acids is 2. The zero-order valence-electron chi connectivity index (χ0n) is 15.6. The highest BCUT2D eigenvalue weighted by Crippen LogP contribution is 2.29. The maximum atomic E-state index is 12.6. The Morgan fingerprint density at radius 3 is 2.93 bits per heavy atom. The molecule has 1 aromatic carbocycles. The molecule has 0 bridgehead atoms. The first kappa shape index (κ1) is 18.8. The summed E-state index contributed by atoms with van der Waals surface area (Å²) < 4.78 is 5.18. The first-order valence-corrected chi connectivity index (χ1v) is 9.70. The van der Waals surface area contributed by atoms with Gasteiger partial charge in [-0.1, -0.05) is 17.4 Å². The average Bonchev–Trinajstić information content (AvgIpc) is 3.15. The van der Waals surface area contributed by atoms with Crippen LogP contribution in [0.3, 0.4) is 0 Å². The van der Waals surface area contributed by atoms with Crippen LogP contribution in [0.25, 0.3) is 0 Å². The Hall–Kier alpha value is -3.53. The maximum Gasteiger partial charge on any atom is 0.322 e. The van der Waals surface area contributed by atoms with Crippen LogP contribution >= 0.6 is 11.3 Å². The minimum atomic E-state index is -0.364. The van der Waals surface area contributed by atoms with Gasteiger partial charge < -0.3 is 15.0 Å². The third kappa shape index (κ3) is 4.32. The van der Waals surface area contributed by atoms with Crippen LogP contribution in [0.5, 0.6) is 5.75 Å². The van der Waals surface area contributed by atoms with Gasteiger partial charge in [-0.3, -0.25) is 15.1 Å². The fourth-order valence-electron chi connectivity index (χ4n) is 2.90. The Labute approximate surface area is 170 Å². The van der Waals surface area contributed by atoms with Gasteiger partial charge in [0.05, 0.1) is 25.5 Å². The quantitative estimate of drug-likeness (QED) is 0.685. The van der Waals surface area contributed by atoms with Crippen molar-refractivity contribution in [1.82, 2.24) is 19.9 Å². The minimum Gasteiger partial charge on any atom is -0.497 e. The van der Waals surface area contributed by atoms with Crippen molar-refractivity contribution < 1.29 is 14.3 Å². The van der Waals surface area contributed by atoms with E-state index < -0.39 is 0 Å². The summed E-state index contributed by atoms with van der Waals surface area (Å²) in [6, 6.07) is 7.01. The van der Waals surface area contributed by atoms with Crippen molar-refractivity contribution in [1.29, 1.82) is 0 Å². The molecular weight excluding hydrogens is 392 g/mol. The maximum absolute atomic E-state index is 12.6. The number of amides is 3. The number of nitrogens with zero attached hydrogens (tertiary/aromatic N) is 4. The third-order valence-corrected chi connectivity index (χ3v) is 5.35. The number of urea groups is 1. The smallest absolute Gasteiger partial charge is 0.322 e. The van der Waals surface area contributed by atoms with Gasteiger partial charge in [0, 0.05) is 42.0 Å². The molecule has 3 amide bonds. The molecule has 3 heterocycles. The van der Waals surface area contributed by atoms with E-state index in [4.69, 9.17) is 4.74 Å². The molecule has 0 saturated heterocycles. The SMILES string of the molecule is COc1cccc(NC(=O)N2CCc3nc(NC(=O)c4cnccn4)sc3C2)c1. The second kappa shape index (κ2) is 8.23. The molecule has 3 aromatic rings. The number of nitrogens with one attached hydrogen (secondary N) is 2. The van der Waals surface area contributed by atoms with Gasteiger partial charge in [-0.15, -0.1) is 0 Å². The summed E-state index contributed by atoms with van der Waals surface area (Å²) in [6.07, 6.45) is 4.98. The van der Waals surface area contributed by atoms with E-state index >= 15 is 0 Å². The second-order valence-corrected chi connectivity index (χ2v) is 7.35. The van der Waals surface area contributed by atoms with Crippen molar-refractivity contribution >= 4 is 34.1 Å². The lowest BCUT2D eigenvalue weighted by Gasteiger charge is -2.26. The zero-order valence-corrected chi connectivity index (χ0v) is 16.4. The van der Waals surface area contributed by atoms with Gasteiger partial charge in [0.2, 0.25) is 0 Å². The van der Waals surface area contributed by atoms with Gasteiger partial charge in [-0.2, -0.15) is 0 Å². The number of carbonyl (C=O) groups is 2. The minimum absolute atomic E-state index is 0.192. The van der Waals surface area contributed by atoms with Gasteiger partial charge in [0.15, 0.2) is 5.13 Å². The highest BCUT2D eigenvalue weighted by atomic mass is 32.1. The summed E-state index contributed by atoms with van der Waals surface area (Å²) in [6.45, 7) is 0.980. The van der Waals surface area contributed by atoms with Crippen molar-refractivity contribution in [3.8, 4) is 5.75 Å². The number of anilines is 2. The Kier molecular flexibility index (Phi) is 5.34. The molecule has 2 aromatic heterocycles. The number of hydrogen-bond acceptors (Lipinski definition) is 7. The van der Waals surface area contributed by atoms with Gasteiger partial charge >= 0.3 is 6.03 Å². The molecule has 4 rings (SSSR count). The molecule has 0 unspecified atom stereocenters. The molecule has 0 fully saturated rings. The molecule has 2 N–H and O–H groups in total. The average molecular weight is 410 g/mol. The summed E-state index contributed by atoms with van der Waals surface area (Å²) in [7, 11) is 1.58. The van der Waals surface area contributed by atoms with Crippen LogP contribution in [-0.2, 0) is 13.0 Å². The standard InChI is InChI=1S/C19H18N6O3S/c1-28-13-4-2-3-12(9-13)22-19(27)25-8-5-14-16(11-25)29-18(23-14)24-17(26)15-10-20-6-7-21-15/h2-4,6-7,9-10H,5,8,11H2,1H3,(H,22,27)(H,23,24,26). The van der Waals surface area contributed by atoms with Crippen LogP contribution < -0.4 is 15.4 Å². The molecule has 0 spiro atoms. The molecular formula is C19H18N6O3S. The number of aromatic nitrogens is 3. The highest BCUT2D eigenvalue weighted by molar-refractivity contribution is 7.15. The van der Waals surface area contributed by atoms with Crippen molar-refractivity contribution in [2.45, 2.75) is 13.0 Å². The van der Waals surface area contributed by atoms with E-state index in [-0.39, 0.29) is 17.6 Å². The van der Waals surface area contributed by atoms with Crippen molar-refractivity contribution in [2.75, 3.05) is 24.3 Å². The molecule has 148 valence electrons. The monoisotopic (exact) mass is 410 g/mol. The topological polar surface area (TPSA) is 109 Å². The van der Waals surface area contributed by atoms with E-state index in [1.807, 2.05) is 18.2 Å². The number of rotatable bonds is 4. The lowest BCUT2D eigenvalue weighted by Crippen LogP contribution is -2.38. The van der Waals surface area contributed by atoms with E-state index in [1.165, 1.54) is 29.9 Å². The van der Waals surface area contributed by atoms with Crippen molar-refractivity contribution in [3.05, 3.63) is 59.1 Å². The van der Waals surface area contributed by atoms with Crippen LogP contribution in [0.1, 0.15) is 21.1 Å². The predicted octanol–water partition coefficient (Wildman–Crippen LogP) is 2.78. The van der Waals surface area contributed by atoms with Crippen molar-refractivity contribution in [2.24, 2.45) is 0 Å². The molecule has 0 atom stereocenters. The molecule has 1 aliphatic heterocycles. The molecule has 0 saturated carbocycles.